The van der Waals surface area contributed by atoms with E-state index in [4.69, 9.17) is 5.11 Å². The number of anilines is 1. The summed E-state index contributed by atoms with van der Waals surface area (Å²) in [6.45, 7) is 7.87. The van der Waals surface area contributed by atoms with Gasteiger partial charge in [0.1, 0.15) is 0 Å². The van der Waals surface area contributed by atoms with E-state index >= 15 is 0 Å². The van der Waals surface area contributed by atoms with Gasteiger partial charge in [0.25, 0.3) is 0 Å². The average molecular weight is 292 g/mol. The van der Waals surface area contributed by atoms with Gasteiger partial charge in [0, 0.05) is 17.8 Å². The minimum Gasteiger partial charge on any atom is -0.481 e. The lowest BCUT2D eigenvalue weighted by Crippen LogP contribution is -2.48. The van der Waals surface area contributed by atoms with Gasteiger partial charge >= 0.3 is 12.0 Å². The van der Waals surface area contributed by atoms with Crippen LogP contribution in [0, 0.1) is 0 Å². The number of amides is 2. The Morgan fingerprint density at radius 3 is 2.38 bits per heavy atom. The van der Waals surface area contributed by atoms with Gasteiger partial charge in [-0.2, -0.15) is 0 Å². The molecule has 0 aromatic heterocycles. The molecule has 116 valence electrons. The maximum Gasteiger partial charge on any atom is 0.322 e. The second-order valence-corrected chi connectivity index (χ2v) is 5.91. The molecular weight excluding hydrogens is 268 g/mol. The van der Waals surface area contributed by atoms with Crippen LogP contribution >= 0.6 is 0 Å². The standard InChI is InChI=1S/C16H24N2O3/c1-5-12-8-6-7-9-13(12)17-15(21)18(16(2,3)4)11-10-14(19)20/h6-9H,5,10-11H2,1-4H3,(H,17,21)(H,19,20). The maximum atomic E-state index is 12.5. The molecule has 0 bridgehead atoms. The number of aryl methyl sites for hydroxylation is 1. The Morgan fingerprint density at radius 1 is 1.24 bits per heavy atom. The molecule has 2 amide bonds. The fourth-order valence-corrected chi connectivity index (χ4v) is 2.08. The lowest BCUT2D eigenvalue weighted by Gasteiger charge is -2.35. The highest BCUT2D eigenvalue weighted by Gasteiger charge is 2.27. The number of nitrogens with one attached hydrogen (secondary N) is 1. The van der Waals surface area contributed by atoms with Gasteiger partial charge in [0.15, 0.2) is 0 Å². The van der Waals surface area contributed by atoms with Crippen LogP contribution in [-0.2, 0) is 11.2 Å². The molecule has 0 aliphatic rings. The summed E-state index contributed by atoms with van der Waals surface area (Å²) in [5, 5.41) is 11.7. The van der Waals surface area contributed by atoms with Crippen molar-refractivity contribution in [2.75, 3.05) is 11.9 Å². The first-order valence-electron chi connectivity index (χ1n) is 7.14. The topological polar surface area (TPSA) is 69.6 Å². The van der Waals surface area contributed by atoms with E-state index < -0.39 is 11.5 Å². The Kier molecular flexibility index (Phi) is 5.76. The Labute approximate surface area is 126 Å². The van der Waals surface area contributed by atoms with Crippen molar-refractivity contribution in [1.29, 1.82) is 0 Å². The fraction of sp³-hybridized carbons (Fsp3) is 0.500. The van der Waals surface area contributed by atoms with Gasteiger partial charge in [-0.25, -0.2) is 4.79 Å². The van der Waals surface area contributed by atoms with E-state index in [-0.39, 0.29) is 19.0 Å². The first-order valence-corrected chi connectivity index (χ1v) is 7.14. The third-order valence-electron chi connectivity index (χ3n) is 3.24. The summed E-state index contributed by atoms with van der Waals surface area (Å²) < 4.78 is 0. The molecule has 21 heavy (non-hydrogen) atoms. The number of hydrogen-bond donors (Lipinski definition) is 2. The lowest BCUT2D eigenvalue weighted by molar-refractivity contribution is -0.137. The summed E-state index contributed by atoms with van der Waals surface area (Å²) in [6, 6.07) is 7.35. The first kappa shape index (κ1) is 17.0. The zero-order chi connectivity index (χ0) is 16.0. The monoisotopic (exact) mass is 292 g/mol. The van der Waals surface area contributed by atoms with Gasteiger partial charge in [-0.3, -0.25) is 4.79 Å². The number of para-hydroxylation sites is 1. The molecule has 0 radical (unpaired) electrons. The molecule has 0 aliphatic carbocycles. The van der Waals surface area contributed by atoms with Crippen molar-refractivity contribution in [2.45, 2.75) is 46.1 Å². The van der Waals surface area contributed by atoms with Crippen LogP contribution in [-0.4, -0.2) is 34.1 Å². The number of carbonyl (C=O) groups excluding carboxylic acids is 1. The summed E-state index contributed by atoms with van der Waals surface area (Å²) in [4.78, 5) is 24.8. The normalized spacial score (nSPS) is 11.0. The molecule has 0 aliphatic heterocycles. The van der Waals surface area contributed by atoms with Crippen LogP contribution in [0.3, 0.4) is 0 Å². The van der Waals surface area contributed by atoms with Crippen LogP contribution in [0.4, 0.5) is 10.5 Å². The zero-order valence-corrected chi connectivity index (χ0v) is 13.1. The predicted octanol–water partition coefficient (Wildman–Crippen LogP) is 3.36. The Bertz CT molecular complexity index is 506. The summed E-state index contributed by atoms with van der Waals surface area (Å²) in [6.07, 6.45) is 0.751. The Morgan fingerprint density at radius 2 is 1.86 bits per heavy atom. The molecule has 0 fully saturated rings. The molecule has 0 saturated carbocycles. The largest absolute Gasteiger partial charge is 0.481 e. The second kappa shape index (κ2) is 7.11. The Balaban J connectivity index is 2.88. The van der Waals surface area contributed by atoms with Gasteiger partial charge < -0.3 is 15.3 Å². The van der Waals surface area contributed by atoms with Crippen LogP contribution in [0.2, 0.25) is 0 Å². The van der Waals surface area contributed by atoms with Gasteiger partial charge in [-0.05, 0) is 38.8 Å². The second-order valence-electron chi connectivity index (χ2n) is 5.91. The van der Waals surface area contributed by atoms with E-state index in [1.54, 1.807) is 4.90 Å². The molecule has 0 atom stereocenters. The number of nitrogens with zero attached hydrogens (tertiary/aromatic N) is 1. The number of carbonyl (C=O) groups is 2. The minimum atomic E-state index is -0.911. The van der Waals surface area contributed by atoms with Crippen molar-refractivity contribution < 1.29 is 14.7 Å². The smallest absolute Gasteiger partial charge is 0.322 e. The summed E-state index contributed by atoms with van der Waals surface area (Å²) in [5.74, 6) is -0.911. The summed E-state index contributed by atoms with van der Waals surface area (Å²) in [7, 11) is 0. The predicted molar refractivity (Wildman–Crippen MR) is 83.6 cm³/mol. The van der Waals surface area contributed by atoms with Crippen LogP contribution in [0.15, 0.2) is 24.3 Å². The van der Waals surface area contributed by atoms with E-state index in [9.17, 15) is 9.59 Å². The first-order chi connectivity index (χ1) is 9.75. The van der Waals surface area contributed by atoms with Crippen LogP contribution in [0.5, 0.6) is 0 Å². The number of urea groups is 1. The molecule has 1 rings (SSSR count). The van der Waals surface area contributed by atoms with Crippen molar-refractivity contribution >= 4 is 17.7 Å². The van der Waals surface area contributed by atoms with Gasteiger partial charge in [0.2, 0.25) is 0 Å². The van der Waals surface area contributed by atoms with E-state index in [1.807, 2.05) is 52.0 Å². The highest BCUT2D eigenvalue weighted by atomic mass is 16.4. The van der Waals surface area contributed by atoms with E-state index in [1.165, 1.54) is 0 Å². The van der Waals surface area contributed by atoms with Crippen molar-refractivity contribution in [1.82, 2.24) is 4.90 Å². The molecule has 5 nitrogen and oxygen atoms in total. The van der Waals surface area contributed by atoms with E-state index in [2.05, 4.69) is 5.32 Å². The summed E-state index contributed by atoms with van der Waals surface area (Å²) in [5.41, 5.74) is 1.38. The molecule has 1 aromatic carbocycles. The molecule has 0 spiro atoms. The molecule has 0 saturated heterocycles. The SMILES string of the molecule is CCc1ccccc1NC(=O)N(CCC(=O)O)C(C)(C)C. The molecule has 2 N–H and O–H groups in total. The highest BCUT2D eigenvalue weighted by molar-refractivity contribution is 5.90. The number of carboxylic acid groups (broad SMARTS) is 1. The molecule has 0 unspecified atom stereocenters. The van der Waals surface area contributed by atoms with Gasteiger partial charge in [-0.1, -0.05) is 25.1 Å². The fourth-order valence-electron chi connectivity index (χ4n) is 2.08. The number of carboxylic acids is 1. The van der Waals surface area contributed by atoms with Gasteiger partial charge in [-0.15, -0.1) is 0 Å². The Hall–Kier alpha value is -2.04. The highest BCUT2D eigenvalue weighted by Crippen LogP contribution is 2.19. The third kappa shape index (κ3) is 5.10. The minimum absolute atomic E-state index is 0.0693. The van der Waals surface area contributed by atoms with Gasteiger partial charge in [0.05, 0.1) is 6.42 Å². The van der Waals surface area contributed by atoms with Crippen molar-refractivity contribution in [2.24, 2.45) is 0 Å². The van der Waals surface area contributed by atoms with Crippen molar-refractivity contribution in [3.63, 3.8) is 0 Å². The lowest BCUT2D eigenvalue weighted by atomic mass is 10.1. The quantitative estimate of drug-likeness (QED) is 0.874. The number of hydrogen-bond acceptors (Lipinski definition) is 2. The maximum absolute atomic E-state index is 12.5. The molecular formula is C16H24N2O3. The van der Waals surface area contributed by atoms with Crippen LogP contribution in [0.1, 0.15) is 39.7 Å². The summed E-state index contributed by atoms with van der Waals surface area (Å²) >= 11 is 0. The average Bonchev–Trinajstić information content (AvgIpc) is 2.37. The molecule has 5 heteroatoms. The number of aliphatic carboxylic acids is 1. The van der Waals surface area contributed by atoms with Crippen molar-refractivity contribution in [3.8, 4) is 0 Å². The zero-order valence-electron chi connectivity index (χ0n) is 13.1. The number of rotatable bonds is 5. The van der Waals surface area contributed by atoms with Crippen molar-refractivity contribution in [3.05, 3.63) is 29.8 Å². The molecule has 0 heterocycles. The van der Waals surface area contributed by atoms with Crippen LogP contribution in [0.25, 0.3) is 0 Å². The van der Waals surface area contributed by atoms with E-state index in [0.717, 1.165) is 17.7 Å². The molecule has 1 aromatic rings. The van der Waals surface area contributed by atoms with E-state index in [0.29, 0.717) is 0 Å². The third-order valence-corrected chi connectivity index (χ3v) is 3.24. The van der Waals surface area contributed by atoms with Crippen LogP contribution < -0.4 is 5.32 Å². The number of benzene rings is 1.